The Morgan fingerprint density at radius 2 is 1.84 bits per heavy atom. The molecule has 0 aliphatic rings. The van der Waals surface area contributed by atoms with Crippen LogP contribution in [0, 0.1) is 13.8 Å². The third-order valence-corrected chi connectivity index (χ3v) is 3.05. The van der Waals surface area contributed by atoms with Crippen LogP contribution in [0.1, 0.15) is 30.4 Å². The van der Waals surface area contributed by atoms with Gasteiger partial charge in [0.15, 0.2) is 5.82 Å². The minimum Gasteiger partial charge on any atom is -0.327 e. The first-order valence-corrected chi connectivity index (χ1v) is 6.61. The number of hydrogen-bond acceptors (Lipinski definition) is 4. The molecule has 19 heavy (non-hydrogen) atoms. The normalized spacial score (nSPS) is 12.4. The van der Waals surface area contributed by atoms with Crippen molar-refractivity contribution in [1.82, 2.24) is 15.0 Å². The summed E-state index contributed by atoms with van der Waals surface area (Å²) in [7, 11) is 0. The topological polar surface area (TPSA) is 64.7 Å². The number of pyridine rings is 1. The van der Waals surface area contributed by atoms with Gasteiger partial charge in [0.2, 0.25) is 0 Å². The fourth-order valence-corrected chi connectivity index (χ4v) is 2.03. The number of aryl methyl sites for hydroxylation is 2. The van der Waals surface area contributed by atoms with Crippen molar-refractivity contribution >= 4 is 0 Å². The van der Waals surface area contributed by atoms with Gasteiger partial charge in [-0.25, -0.2) is 9.97 Å². The Morgan fingerprint density at radius 1 is 1.16 bits per heavy atom. The van der Waals surface area contributed by atoms with E-state index in [4.69, 9.17) is 5.73 Å². The van der Waals surface area contributed by atoms with Gasteiger partial charge in [0, 0.05) is 41.3 Å². The van der Waals surface area contributed by atoms with Crippen LogP contribution in [0.15, 0.2) is 24.4 Å². The zero-order chi connectivity index (χ0) is 13.8. The van der Waals surface area contributed by atoms with E-state index in [0.29, 0.717) is 0 Å². The van der Waals surface area contributed by atoms with Crippen LogP contribution in [0.5, 0.6) is 0 Å². The smallest absolute Gasteiger partial charge is 0.159 e. The zero-order valence-corrected chi connectivity index (χ0v) is 11.7. The van der Waals surface area contributed by atoms with Gasteiger partial charge in [-0.2, -0.15) is 0 Å². The second kappa shape index (κ2) is 5.89. The van der Waals surface area contributed by atoms with Crippen molar-refractivity contribution in [3.63, 3.8) is 0 Å². The molecule has 0 saturated heterocycles. The molecule has 2 N–H and O–H groups in total. The van der Waals surface area contributed by atoms with Crippen LogP contribution >= 0.6 is 0 Å². The van der Waals surface area contributed by atoms with Gasteiger partial charge in [-0.1, -0.05) is 6.92 Å². The Balaban J connectivity index is 2.32. The maximum absolute atomic E-state index is 5.97. The summed E-state index contributed by atoms with van der Waals surface area (Å²) in [6.45, 7) is 6.04. The summed E-state index contributed by atoms with van der Waals surface area (Å²) in [5.74, 6) is 0.745. The third-order valence-electron chi connectivity index (χ3n) is 3.05. The zero-order valence-electron chi connectivity index (χ0n) is 11.7. The van der Waals surface area contributed by atoms with E-state index in [0.717, 1.165) is 41.3 Å². The molecule has 1 atom stereocenters. The SMILES string of the molecule is CCC(N)Cc1ccnc(-c2cc(C)nc(C)c2)n1. The Labute approximate surface area is 114 Å². The molecular weight excluding hydrogens is 236 g/mol. The highest BCUT2D eigenvalue weighted by molar-refractivity contribution is 5.55. The Hall–Kier alpha value is -1.81. The Kier molecular flexibility index (Phi) is 4.22. The van der Waals surface area contributed by atoms with Gasteiger partial charge in [0.25, 0.3) is 0 Å². The van der Waals surface area contributed by atoms with Crippen molar-refractivity contribution in [3.05, 3.63) is 41.5 Å². The summed E-state index contributed by atoms with van der Waals surface area (Å²) in [6.07, 6.45) is 3.53. The van der Waals surface area contributed by atoms with E-state index >= 15 is 0 Å². The van der Waals surface area contributed by atoms with E-state index in [1.54, 1.807) is 6.20 Å². The van der Waals surface area contributed by atoms with E-state index in [9.17, 15) is 0 Å². The molecule has 2 heterocycles. The van der Waals surface area contributed by atoms with Crippen molar-refractivity contribution in [2.24, 2.45) is 5.73 Å². The lowest BCUT2D eigenvalue weighted by molar-refractivity contribution is 0.636. The molecule has 2 aromatic heterocycles. The number of aromatic nitrogens is 3. The predicted octanol–water partition coefficient (Wildman–Crippen LogP) is 2.44. The van der Waals surface area contributed by atoms with Crippen LogP contribution in [0.2, 0.25) is 0 Å². The molecule has 0 aliphatic carbocycles. The van der Waals surface area contributed by atoms with Gasteiger partial charge in [-0.05, 0) is 38.5 Å². The largest absolute Gasteiger partial charge is 0.327 e. The molecule has 4 nitrogen and oxygen atoms in total. The monoisotopic (exact) mass is 256 g/mol. The summed E-state index contributed by atoms with van der Waals surface area (Å²) in [5.41, 5.74) is 9.94. The molecule has 0 radical (unpaired) electrons. The number of rotatable bonds is 4. The molecule has 2 rings (SSSR count). The number of nitrogens with zero attached hydrogens (tertiary/aromatic N) is 3. The first-order chi connectivity index (χ1) is 9.08. The summed E-state index contributed by atoms with van der Waals surface area (Å²) in [4.78, 5) is 13.3. The van der Waals surface area contributed by atoms with Crippen LogP contribution in [-0.2, 0) is 6.42 Å². The van der Waals surface area contributed by atoms with Crippen molar-refractivity contribution in [3.8, 4) is 11.4 Å². The van der Waals surface area contributed by atoms with E-state index in [1.165, 1.54) is 0 Å². The molecule has 4 heteroatoms. The summed E-state index contributed by atoms with van der Waals surface area (Å²) >= 11 is 0. The van der Waals surface area contributed by atoms with Crippen LogP contribution < -0.4 is 5.73 Å². The lowest BCUT2D eigenvalue weighted by atomic mass is 10.1. The molecular formula is C15H20N4. The van der Waals surface area contributed by atoms with Crippen molar-refractivity contribution in [2.75, 3.05) is 0 Å². The fraction of sp³-hybridized carbons (Fsp3) is 0.400. The molecule has 0 saturated carbocycles. The lowest BCUT2D eigenvalue weighted by Gasteiger charge is -2.09. The minimum absolute atomic E-state index is 0.156. The Bertz CT molecular complexity index is 546. The second-order valence-electron chi connectivity index (χ2n) is 4.88. The molecule has 0 fully saturated rings. The molecule has 0 amide bonds. The molecule has 0 spiro atoms. The lowest BCUT2D eigenvalue weighted by Crippen LogP contribution is -2.22. The van der Waals surface area contributed by atoms with Crippen LogP contribution in [0.25, 0.3) is 11.4 Å². The van der Waals surface area contributed by atoms with E-state index in [1.807, 2.05) is 32.0 Å². The highest BCUT2D eigenvalue weighted by atomic mass is 14.9. The maximum atomic E-state index is 5.97. The van der Waals surface area contributed by atoms with Gasteiger partial charge >= 0.3 is 0 Å². The standard InChI is InChI=1S/C15H20N4/c1-4-13(16)9-14-5-6-17-15(19-14)12-7-10(2)18-11(3)8-12/h5-8,13H,4,9,16H2,1-3H3. The van der Waals surface area contributed by atoms with Gasteiger partial charge in [-0.15, -0.1) is 0 Å². The summed E-state index contributed by atoms with van der Waals surface area (Å²) < 4.78 is 0. The highest BCUT2D eigenvalue weighted by Crippen LogP contribution is 2.17. The average Bonchev–Trinajstić information content (AvgIpc) is 2.38. The van der Waals surface area contributed by atoms with Gasteiger partial charge in [-0.3, -0.25) is 4.98 Å². The quantitative estimate of drug-likeness (QED) is 0.912. The Morgan fingerprint density at radius 3 is 2.47 bits per heavy atom. The van der Waals surface area contributed by atoms with Crippen LogP contribution in [0.3, 0.4) is 0 Å². The van der Waals surface area contributed by atoms with E-state index < -0.39 is 0 Å². The van der Waals surface area contributed by atoms with E-state index in [-0.39, 0.29) is 6.04 Å². The molecule has 2 aromatic rings. The maximum Gasteiger partial charge on any atom is 0.159 e. The summed E-state index contributed by atoms with van der Waals surface area (Å²) in [6, 6.07) is 6.10. The van der Waals surface area contributed by atoms with Crippen molar-refractivity contribution < 1.29 is 0 Å². The first kappa shape index (κ1) is 13.6. The van der Waals surface area contributed by atoms with Crippen LogP contribution in [-0.4, -0.2) is 21.0 Å². The van der Waals surface area contributed by atoms with Gasteiger partial charge in [0.05, 0.1) is 0 Å². The number of nitrogens with two attached hydrogens (primary N) is 1. The molecule has 0 bridgehead atoms. The average molecular weight is 256 g/mol. The van der Waals surface area contributed by atoms with Gasteiger partial charge < -0.3 is 5.73 Å². The first-order valence-electron chi connectivity index (χ1n) is 6.61. The third kappa shape index (κ3) is 3.58. The summed E-state index contributed by atoms with van der Waals surface area (Å²) in [5, 5.41) is 0. The van der Waals surface area contributed by atoms with Crippen LogP contribution in [0.4, 0.5) is 0 Å². The van der Waals surface area contributed by atoms with Crippen molar-refractivity contribution in [2.45, 2.75) is 39.7 Å². The highest BCUT2D eigenvalue weighted by Gasteiger charge is 2.07. The predicted molar refractivity (Wildman–Crippen MR) is 76.7 cm³/mol. The second-order valence-corrected chi connectivity index (χ2v) is 4.88. The van der Waals surface area contributed by atoms with E-state index in [2.05, 4.69) is 21.9 Å². The molecule has 0 aromatic carbocycles. The molecule has 100 valence electrons. The molecule has 0 aliphatic heterocycles. The minimum atomic E-state index is 0.156. The molecule has 1 unspecified atom stereocenters. The van der Waals surface area contributed by atoms with Crippen molar-refractivity contribution in [1.29, 1.82) is 0 Å². The fourth-order valence-electron chi connectivity index (χ4n) is 2.03. The van der Waals surface area contributed by atoms with Gasteiger partial charge in [0.1, 0.15) is 0 Å². The number of hydrogen-bond donors (Lipinski definition) is 1.